The molecule has 0 saturated heterocycles. The summed E-state index contributed by atoms with van der Waals surface area (Å²) >= 11 is 1.38. The van der Waals surface area contributed by atoms with E-state index in [0.717, 1.165) is 17.0 Å². The third-order valence-corrected chi connectivity index (χ3v) is 2.69. The summed E-state index contributed by atoms with van der Waals surface area (Å²) in [5.74, 6) is 1.13. The minimum Gasteiger partial charge on any atom is -0.375 e. The third-order valence-electron chi connectivity index (χ3n) is 1.77. The van der Waals surface area contributed by atoms with Gasteiger partial charge in [0.25, 0.3) is 5.89 Å². The smallest absolute Gasteiger partial charge is 0.269 e. The molecule has 5 nitrogen and oxygen atoms in total. The molecule has 14 heavy (non-hydrogen) atoms. The Morgan fingerprint density at radius 1 is 1.43 bits per heavy atom. The van der Waals surface area contributed by atoms with E-state index in [1.165, 1.54) is 11.3 Å². The fourth-order valence-electron chi connectivity index (χ4n) is 1.17. The molecule has 2 rings (SSSR count). The van der Waals surface area contributed by atoms with Crippen molar-refractivity contribution >= 4 is 16.5 Å². The van der Waals surface area contributed by atoms with Gasteiger partial charge >= 0.3 is 0 Å². The van der Waals surface area contributed by atoms with Gasteiger partial charge in [-0.15, -0.1) is 0 Å². The molecule has 2 heterocycles. The highest BCUT2D eigenvalue weighted by Gasteiger charge is 2.15. The summed E-state index contributed by atoms with van der Waals surface area (Å²) in [7, 11) is 0. The molecular weight excluding hydrogens is 200 g/mol. The molecule has 0 fully saturated rings. The van der Waals surface area contributed by atoms with Crippen molar-refractivity contribution in [3.8, 4) is 10.8 Å². The Morgan fingerprint density at radius 3 is 2.79 bits per heavy atom. The number of nitrogens with zero attached hydrogens (tertiary/aromatic N) is 3. The molecule has 0 spiro atoms. The third kappa shape index (κ3) is 1.48. The average molecular weight is 210 g/mol. The van der Waals surface area contributed by atoms with Crippen molar-refractivity contribution in [3.05, 3.63) is 11.5 Å². The minimum absolute atomic E-state index is 0.508. The number of anilines is 1. The van der Waals surface area contributed by atoms with E-state index >= 15 is 0 Å². The van der Waals surface area contributed by atoms with Crippen LogP contribution in [0.25, 0.3) is 10.8 Å². The number of hydrogen-bond acceptors (Lipinski definition) is 6. The van der Waals surface area contributed by atoms with Crippen molar-refractivity contribution in [2.75, 3.05) is 5.73 Å². The summed E-state index contributed by atoms with van der Waals surface area (Å²) in [6, 6.07) is 0. The summed E-state index contributed by atoms with van der Waals surface area (Å²) in [6.45, 7) is 3.80. The lowest BCUT2D eigenvalue weighted by Gasteiger charge is -1.90. The Balaban J connectivity index is 2.49. The van der Waals surface area contributed by atoms with Gasteiger partial charge in [0.15, 0.2) is 11.0 Å². The van der Waals surface area contributed by atoms with Gasteiger partial charge in [0.1, 0.15) is 4.88 Å². The van der Waals surface area contributed by atoms with Crippen LogP contribution in [0.5, 0.6) is 0 Å². The standard InChI is InChI=1S/C8H10N4OS/c1-3-5-6(14-8(9)11-5)7-10-4(2)12-13-7/h3H2,1-2H3,(H2,9,11). The van der Waals surface area contributed by atoms with Crippen LogP contribution >= 0.6 is 11.3 Å². The van der Waals surface area contributed by atoms with Gasteiger partial charge in [0, 0.05) is 0 Å². The van der Waals surface area contributed by atoms with Crippen LogP contribution in [-0.2, 0) is 6.42 Å². The van der Waals surface area contributed by atoms with Crippen LogP contribution in [-0.4, -0.2) is 15.1 Å². The van der Waals surface area contributed by atoms with E-state index in [9.17, 15) is 0 Å². The first kappa shape index (κ1) is 9.14. The van der Waals surface area contributed by atoms with Gasteiger partial charge in [-0.1, -0.05) is 23.4 Å². The summed E-state index contributed by atoms with van der Waals surface area (Å²) < 4.78 is 5.06. The Labute approximate surface area is 85.0 Å². The van der Waals surface area contributed by atoms with E-state index in [4.69, 9.17) is 10.3 Å². The molecule has 0 bridgehead atoms. The van der Waals surface area contributed by atoms with Gasteiger partial charge in [0.05, 0.1) is 5.69 Å². The molecule has 74 valence electrons. The summed E-state index contributed by atoms with van der Waals surface area (Å²) in [5.41, 5.74) is 6.53. The van der Waals surface area contributed by atoms with Crippen molar-refractivity contribution in [1.29, 1.82) is 0 Å². The molecule has 2 N–H and O–H groups in total. The number of thiazole rings is 1. The lowest BCUT2D eigenvalue weighted by molar-refractivity contribution is 0.426. The van der Waals surface area contributed by atoms with E-state index in [1.807, 2.05) is 6.92 Å². The Bertz CT molecular complexity index is 448. The zero-order chi connectivity index (χ0) is 10.1. The Hall–Kier alpha value is -1.43. The predicted molar refractivity (Wildman–Crippen MR) is 53.9 cm³/mol. The fraction of sp³-hybridized carbons (Fsp3) is 0.375. The first-order valence-corrected chi connectivity index (χ1v) is 5.08. The molecular formula is C8H10N4OS. The maximum atomic E-state index is 5.62. The van der Waals surface area contributed by atoms with E-state index in [0.29, 0.717) is 16.8 Å². The zero-order valence-electron chi connectivity index (χ0n) is 7.94. The van der Waals surface area contributed by atoms with Crippen LogP contribution in [0.15, 0.2) is 4.52 Å². The van der Waals surface area contributed by atoms with Crippen LogP contribution in [0.3, 0.4) is 0 Å². The normalized spacial score (nSPS) is 10.7. The first-order valence-electron chi connectivity index (χ1n) is 4.26. The highest BCUT2D eigenvalue weighted by molar-refractivity contribution is 7.18. The molecule has 0 aliphatic rings. The molecule has 0 radical (unpaired) electrons. The highest BCUT2D eigenvalue weighted by Crippen LogP contribution is 2.30. The van der Waals surface area contributed by atoms with E-state index in [1.54, 1.807) is 6.92 Å². The van der Waals surface area contributed by atoms with Gasteiger partial charge in [-0.2, -0.15) is 4.98 Å². The average Bonchev–Trinajstić information content (AvgIpc) is 2.71. The molecule has 2 aromatic heterocycles. The summed E-state index contributed by atoms with van der Waals surface area (Å²) in [5, 5.41) is 4.26. The van der Waals surface area contributed by atoms with Crippen molar-refractivity contribution < 1.29 is 4.52 Å². The zero-order valence-corrected chi connectivity index (χ0v) is 8.76. The number of hydrogen-bond donors (Lipinski definition) is 1. The molecule has 2 aromatic rings. The lowest BCUT2D eigenvalue weighted by Crippen LogP contribution is -1.86. The van der Waals surface area contributed by atoms with E-state index < -0.39 is 0 Å². The SMILES string of the molecule is CCc1nc(N)sc1-c1nc(C)no1. The molecule has 0 atom stereocenters. The maximum Gasteiger partial charge on any atom is 0.269 e. The van der Waals surface area contributed by atoms with Gasteiger partial charge in [-0.05, 0) is 13.3 Å². The van der Waals surface area contributed by atoms with Crippen molar-refractivity contribution in [1.82, 2.24) is 15.1 Å². The van der Waals surface area contributed by atoms with Crippen molar-refractivity contribution in [3.63, 3.8) is 0 Å². The largest absolute Gasteiger partial charge is 0.375 e. The Kier molecular flexibility index (Phi) is 2.20. The van der Waals surface area contributed by atoms with E-state index in [2.05, 4.69) is 15.1 Å². The number of aromatic nitrogens is 3. The van der Waals surface area contributed by atoms with Crippen molar-refractivity contribution in [2.24, 2.45) is 0 Å². The number of aryl methyl sites for hydroxylation is 2. The molecule has 0 amide bonds. The molecule has 0 saturated carbocycles. The van der Waals surface area contributed by atoms with Gasteiger partial charge in [-0.25, -0.2) is 4.98 Å². The second kappa shape index (κ2) is 3.38. The number of nitrogen functional groups attached to an aromatic ring is 1. The van der Waals surface area contributed by atoms with Gasteiger partial charge < -0.3 is 10.3 Å². The van der Waals surface area contributed by atoms with Crippen LogP contribution < -0.4 is 5.73 Å². The molecule has 0 unspecified atom stereocenters. The predicted octanol–water partition coefficient (Wildman–Crippen LogP) is 1.65. The van der Waals surface area contributed by atoms with Crippen LogP contribution in [0.4, 0.5) is 5.13 Å². The number of nitrogens with two attached hydrogens (primary N) is 1. The Morgan fingerprint density at radius 2 is 2.21 bits per heavy atom. The van der Waals surface area contributed by atoms with E-state index in [-0.39, 0.29) is 0 Å². The monoisotopic (exact) mass is 210 g/mol. The van der Waals surface area contributed by atoms with Crippen LogP contribution in [0, 0.1) is 6.92 Å². The lowest BCUT2D eigenvalue weighted by atomic mass is 10.3. The molecule has 6 heteroatoms. The maximum absolute atomic E-state index is 5.62. The minimum atomic E-state index is 0.508. The second-order valence-corrected chi connectivity index (χ2v) is 3.86. The molecule has 0 aliphatic heterocycles. The highest BCUT2D eigenvalue weighted by atomic mass is 32.1. The van der Waals surface area contributed by atoms with Crippen LogP contribution in [0.2, 0.25) is 0 Å². The molecule has 0 aromatic carbocycles. The first-order chi connectivity index (χ1) is 6.70. The van der Waals surface area contributed by atoms with Crippen molar-refractivity contribution in [2.45, 2.75) is 20.3 Å². The second-order valence-electron chi connectivity index (χ2n) is 2.83. The van der Waals surface area contributed by atoms with Gasteiger partial charge in [0.2, 0.25) is 0 Å². The topological polar surface area (TPSA) is 77.8 Å². The quantitative estimate of drug-likeness (QED) is 0.815. The summed E-state index contributed by atoms with van der Waals surface area (Å²) in [4.78, 5) is 9.20. The molecule has 0 aliphatic carbocycles. The number of rotatable bonds is 2. The summed E-state index contributed by atoms with van der Waals surface area (Å²) in [6.07, 6.45) is 0.810. The van der Waals surface area contributed by atoms with Crippen LogP contribution in [0.1, 0.15) is 18.4 Å². The fourth-order valence-corrected chi connectivity index (χ4v) is 2.01. The van der Waals surface area contributed by atoms with Gasteiger partial charge in [-0.3, -0.25) is 0 Å².